The van der Waals surface area contributed by atoms with Crippen LogP contribution in [0.4, 0.5) is 10.1 Å². The molecule has 3 amide bonds. The van der Waals surface area contributed by atoms with Crippen molar-refractivity contribution in [2.45, 2.75) is 25.2 Å². The Morgan fingerprint density at radius 2 is 1.93 bits per heavy atom. The van der Waals surface area contributed by atoms with E-state index in [1.807, 2.05) is 18.2 Å². The van der Waals surface area contributed by atoms with Crippen molar-refractivity contribution >= 4 is 68.1 Å². The van der Waals surface area contributed by atoms with Gasteiger partial charge in [0.05, 0.1) is 35.7 Å². The van der Waals surface area contributed by atoms with Gasteiger partial charge < -0.3 is 20.9 Å². The van der Waals surface area contributed by atoms with Crippen LogP contribution in [0.5, 0.6) is 0 Å². The molecular weight excluding hydrogens is 706 g/mol. The lowest BCUT2D eigenvalue weighted by Crippen LogP contribution is -2.44. The molecule has 46 heavy (non-hydrogen) atoms. The van der Waals surface area contributed by atoms with Crippen molar-refractivity contribution in [2.75, 3.05) is 11.9 Å². The minimum Gasteiger partial charge on any atom is -0.364 e. The van der Waals surface area contributed by atoms with Crippen LogP contribution in [0.2, 0.25) is 0 Å². The zero-order valence-corrected chi connectivity index (χ0v) is 26.1. The average molecular weight is 731 g/mol. The first-order chi connectivity index (χ1) is 22.2. The van der Waals surface area contributed by atoms with E-state index in [4.69, 9.17) is 5.73 Å². The fraction of sp³-hybridized carbons (Fsp3) is 0.161. The Balaban J connectivity index is 1.15. The van der Waals surface area contributed by atoms with Crippen molar-refractivity contribution in [3.8, 4) is 22.5 Å². The van der Waals surface area contributed by atoms with Gasteiger partial charge in [0, 0.05) is 32.7 Å². The summed E-state index contributed by atoms with van der Waals surface area (Å²) in [6.07, 6.45) is 3.21. The second-order valence-corrected chi connectivity index (χ2v) is 12.0. The lowest BCUT2D eigenvalue weighted by atomic mass is 10.0. The minimum atomic E-state index is -1.40. The number of alkyl halides is 1. The Morgan fingerprint density at radius 1 is 1.07 bits per heavy atom. The summed E-state index contributed by atoms with van der Waals surface area (Å²) in [5, 5.41) is 15.3. The van der Waals surface area contributed by atoms with E-state index in [0.29, 0.717) is 33.6 Å². The molecule has 0 saturated carbocycles. The Kier molecular flexibility index (Phi) is 7.59. The summed E-state index contributed by atoms with van der Waals surface area (Å²) in [7, 11) is 0. The van der Waals surface area contributed by atoms with E-state index in [9.17, 15) is 18.8 Å². The number of nitrogens with two attached hydrogens (primary N) is 1. The number of halogens is 2. The third-order valence-electron chi connectivity index (χ3n) is 7.81. The fourth-order valence-corrected chi connectivity index (χ4v) is 6.16. The Morgan fingerprint density at radius 3 is 2.72 bits per heavy atom. The highest BCUT2D eigenvalue weighted by Gasteiger charge is 2.40. The van der Waals surface area contributed by atoms with Crippen LogP contribution in [0.15, 0.2) is 73.2 Å². The molecule has 230 valence electrons. The number of amides is 3. The number of carbonyl (C=O) groups excluding carboxylic acids is 3. The maximum atomic E-state index is 14.8. The highest BCUT2D eigenvalue weighted by atomic mass is 127. The van der Waals surface area contributed by atoms with E-state index in [1.165, 1.54) is 9.58 Å². The molecule has 7 rings (SSSR count). The van der Waals surface area contributed by atoms with Gasteiger partial charge in [0.1, 0.15) is 24.6 Å². The number of rotatable bonds is 7. The van der Waals surface area contributed by atoms with Crippen LogP contribution in [-0.2, 0) is 16.1 Å². The number of imidazole rings is 1. The Hall–Kier alpha value is -5.32. The molecule has 0 aliphatic carbocycles. The number of primary amides is 1. The number of likely N-dealkylation sites (tertiary alicyclic amines) is 1. The highest BCUT2D eigenvalue weighted by Crippen LogP contribution is 2.31. The number of anilines is 1. The first-order valence-electron chi connectivity index (χ1n) is 14.2. The predicted octanol–water partition coefficient (Wildman–Crippen LogP) is 3.71. The molecule has 0 bridgehead atoms. The third-order valence-corrected chi connectivity index (χ3v) is 8.48. The summed E-state index contributed by atoms with van der Waals surface area (Å²) in [5.41, 5.74) is 9.94. The van der Waals surface area contributed by atoms with Crippen LogP contribution in [0.3, 0.4) is 0 Å². The van der Waals surface area contributed by atoms with Crippen LogP contribution in [0.25, 0.3) is 44.6 Å². The summed E-state index contributed by atoms with van der Waals surface area (Å²) < 4.78 is 17.0. The van der Waals surface area contributed by atoms with Crippen molar-refractivity contribution < 1.29 is 18.8 Å². The normalized spacial score (nSPS) is 16.3. The number of aromatic nitrogens is 7. The SMILES string of the molecule is NC(=O)c1nn(CC(=O)N2CC(F)CC2C(=O)Nc2cc(I)ccc2-c2nc3ncccc3[nH]2)c2ccc(-c3ccnnc3)cc12. The molecule has 4 aromatic heterocycles. The van der Waals surface area contributed by atoms with E-state index in [-0.39, 0.29) is 25.2 Å². The maximum Gasteiger partial charge on any atom is 0.269 e. The summed E-state index contributed by atoms with van der Waals surface area (Å²) in [6, 6.07) is 15.1. The summed E-state index contributed by atoms with van der Waals surface area (Å²) in [6.45, 7) is -0.594. The molecule has 0 spiro atoms. The summed E-state index contributed by atoms with van der Waals surface area (Å²) >= 11 is 2.13. The molecular formula is C31H24FIN10O3. The maximum absolute atomic E-state index is 14.8. The molecule has 4 N–H and O–H groups in total. The van der Waals surface area contributed by atoms with Gasteiger partial charge in [0.15, 0.2) is 11.3 Å². The smallest absolute Gasteiger partial charge is 0.269 e. The van der Waals surface area contributed by atoms with Crippen LogP contribution in [-0.4, -0.2) is 76.3 Å². The molecule has 13 nitrogen and oxygen atoms in total. The van der Waals surface area contributed by atoms with Gasteiger partial charge in [-0.05, 0) is 76.7 Å². The van der Waals surface area contributed by atoms with Crippen LogP contribution >= 0.6 is 22.6 Å². The molecule has 2 atom stereocenters. The van der Waals surface area contributed by atoms with Crippen LogP contribution < -0.4 is 11.1 Å². The highest BCUT2D eigenvalue weighted by molar-refractivity contribution is 14.1. The molecule has 1 fully saturated rings. The molecule has 1 aliphatic heterocycles. The number of H-pyrrole nitrogens is 1. The zero-order chi connectivity index (χ0) is 31.9. The van der Waals surface area contributed by atoms with Gasteiger partial charge >= 0.3 is 0 Å². The number of aromatic amines is 1. The quantitative estimate of drug-likeness (QED) is 0.208. The molecule has 1 aliphatic rings. The van der Waals surface area contributed by atoms with Gasteiger partial charge in [0.25, 0.3) is 5.91 Å². The van der Waals surface area contributed by atoms with E-state index in [0.717, 1.165) is 20.2 Å². The minimum absolute atomic E-state index is 0.0160. The Bertz CT molecular complexity index is 2120. The molecule has 15 heteroatoms. The second-order valence-electron chi connectivity index (χ2n) is 10.8. The van der Waals surface area contributed by atoms with E-state index >= 15 is 0 Å². The molecule has 5 heterocycles. The van der Waals surface area contributed by atoms with Gasteiger partial charge in [-0.2, -0.15) is 15.3 Å². The van der Waals surface area contributed by atoms with Crippen molar-refractivity contribution in [3.05, 3.63) is 82.5 Å². The molecule has 2 unspecified atom stereocenters. The van der Waals surface area contributed by atoms with E-state index in [1.54, 1.807) is 55.0 Å². The van der Waals surface area contributed by atoms with Gasteiger partial charge in [-0.3, -0.25) is 19.1 Å². The first kappa shape index (κ1) is 29.4. The fourth-order valence-electron chi connectivity index (χ4n) is 5.67. The van der Waals surface area contributed by atoms with Crippen LogP contribution in [0, 0.1) is 3.57 Å². The summed E-state index contributed by atoms with van der Waals surface area (Å²) in [5.74, 6) is -1.33. The van der Waals surface area contributed by atoms with Crippen LogP contribution in [0.1, 0.15) is 16.9 Å². The number of hydrogen-bond donors (Lipinski definition) is 3. The second kappa shape index (κ2) is 11.9. The van der Waals surface area contributed by atoms with Crippen molar-refractivity contribution in [2.24, 2.45) is 5.73 Å². The largest absolute Gasteiger partial charge is 0.364 e. The third kappa shape index (κ3) is 5.53. The number of fused-ring (bicyclic) bond motifs is 2. The topological polar surface area (TPSA) is 178 Å². The molecule has 2 aromatic carbocycles. The number of pyridine rings is 1. The zero-order valence-electron chi connectivity index (χ0n) is 23.9. The molecule has 0 radical (unpaired) electrons. The van der Waals surface area contributed by atoms with E-state index in [2.05, 4.69) is 58.2 Å². The lowest BCUT2D eigenvalue weighted by Gasteiger charge is -2.24. The Labute approximate surface area is 273 Å². The monoisotopic (exact) mass is 730 g/mol. The standard InChI is InChI=1S/C31H24FIN10O3/c32-18-11-25(31(46)39-23-12-19(33)4-5-20(23)29-38-22-2-1-8-35-30(22)40-29)42(14-18)26(44)15-43-24-6-3-16(17-7-9-36-37-13-17)10-21(24)27(41-43)28(34)45/h1-10,12-13,18,25H,11,14-15H2,(H2,34,45)(H,39,46)(H,35,38,40). The number of nitrogens with zero attached hydrogens (tertiary/aromatic N) is 7. The van der Waals surface area contributed by atoms with Crippen molar-refractivity contribution in [3.63, 3.8) is 0 Å². The number of carbonyl (C=O) groups is 3. The first-order valence-corrected chi connectivity index (χ1v) is 15.3. The van der Waals surface area contributed by atoms with Gasteiger partial charge in [0.2, 0.25) is 11.8 Å². The van der Waals surface area contributed by atoms with Crippen molar-refractivity contribution in [1.29, 1.82) is 0 Å². The van der Waals surface area contributed by atoms with Gasteiger partial charge in [-0.15, -0.1) is 0 Å². The number of benzene rings is 2. The van der Waals surface area contributed by atoms with Gasteiger partial charge in [-0.25, -0.2) is 14.4 Å². The predicted molar refractivity (Wildman–Crippen MR) is 175 cm³/mol. The summed E-state index contributed by atoms with van der Waals surface area (Å²) in [4.78, 5) is 52.8. The molecule has 1 saturated heterocycles. The lowest BCUT2D eigenvalue weighted by molar-refractivity contribution is -0.137. The van der Waals surface area contributed by atoms with E-state index < -0.39 is 29.9 Å². The van der Waals surface area contributed by atoms with Crippen molar-refractivity contribution in [1.82, 2.24) is 39.8 Å². The van der Waals surface area contributed by atoms with Gasteiger partial charge in [-0.1, -0.05) is 6.07 Å². The average Bonchev–Trinajstić information content (AvgIpc) is 3.76. The number of nitrogens with one attached hydrogen (secondary N) is 2. The molecule has 6 aromatic rings. The number of hydrogen-bond acceptors (Lipinski definition) is 8.